The summed E-state index contributed by atoms with van der Waals surface area (Å²) in [7, 11) is 1.32. The molecular weight excluding hydrogens is 304 g/mol. The monoisotopic (exact) mass is 322 g/mol. The maximum absolute atomic E-state index is 11.5. The van der Waals surface area contributed by atoms with Gasteiger partial charge in [-0.25, -0.2) is 5.43 Å². The van der Waals surface area contributed by atoms with Crippen LogP contribution in [0.2, 0.25) is 0 Å². The number of nitrogens with zero attached hydrogens (tertiary/aromatic N) is 2. The van der Waals surface area contributed by atoms with Gasteiger partial charge in [-0.3, -0.25) is 19.7 Å². The van der Waals surface area contributed by atoms with E-state index in [0.29, 0.717) is 5.56 Å². The van der Waals surface area contributed by atoms with Crippen molar-refractivity contribution in [2.24, 2.45) is 5.10 Å². The van der Waals surface area contributed by atoms with Gasteiger partial charge in [0.1, 0.15) is 0 Å². The second kappa shape index (κ2) is 7.34. The van der Waals surface area contributed by atoms with Crippen molar-refractivity contribution in [1.82, 2.24) is 10.7 Å². The summed E-state index contributed by atoms with van der Waals surface area (Å²) in [5.41, 5.74) is 1.64. The van der Waals surface area contributed by atoms with Crippen molar-refractivity contribution in [3.63, 3.8) is 0 Å². The minimum Gasteiger partial charge on any atom is -0.490 e. The highest BCUT2D eigenvalue weighted by molar-refractivity contribution is 6.35. The molecule has 2 N–H and O–H groups in total. The van der Waals surface area contributed by atoms with Crippen LogP contribution in [0.5, 0.6) is 5.75 Å². The van der Waals surface area contributed by atoms with E-state index in [-0.39, 0.29) is 11.4 Å². The predicted molar refractivity (Wildman–Crippen MR) is 83.3 cm³/mol. The van der Waals surface area contributed by atoms with Crippen LogP contribution in [0, 0.1) is 10.1 Å². The Morgan fingerprint density at radius 3 is 2.48 bits per heavy atom. The molecule has 0 saturated heterocycles. The number of hydrogen-bond donors (Lipinski definition) is 2. The summed E-state index contributed by atoms with van der Waals surface area (Å²) in [6.45, 7) is 5.20. The highest BCUT2D eigenvalue weighted by atomic mass is 16.6. The topological polar surface area (TPSA) is 123 Å². The molecule has 0 radical (unpaired) electrons. The van der Waals surface area contributed by atoms with Crippen LogP contribution >= 0.6 is 0 Å². The first-order chi connectivity index (χ1) is 10.6. The van der Waals surface area contributed by atoms with E-state index in [4.69, 9.17) is 4.74 Å². The molecule has 23 heavy (non-hydrogen) atoms. The van der Waals surface area contributed by atoms with Gasteiger partial charge in [0, 0.05) is 17.2 Å². The molecule has 0 aliphatic carbocycles. The van der Waals surface area contributed by atoms with Crippen LogP contribution in [0.3, 0.4) is 0 Å². The number of amides is 2. The standard InChI is InChI=1S/C14H18N4O5/c1-14(2,3)16-12(19)13(20)17-15-8-9-5-6-11(23-4)10(7-9)18(21)22/h5-8H,1-4H3,(H,16,19)(H,17,20)/b15-8+. The van der Waals surface area contributed by atoms with E-state index in [0.717, 1.165) is 0 Å². The number of nitro benzene ring substituents is 1. The number of carbonyl (C=O) groups excluding carboxylic acids is 2. The van der Waals surface area contributed by atoms with Crippen molar-refractivity contribution in [3.8, 4) is 5.75 Å². The fraction of sp³-hybridized carbons (Fsp3) is 0.357. The van der Waals surface area contributed by atoms with Gasteiger partial charge in [-0.15, -0.1) is 0 Å². The molecule has 0 aliphatic heterocycles. The van der Waals surface area contributed by atoms with Gasteiger partial charge in [0.25, 0.3) is 0 Å². The molecule has 0 atom stereocenters. The van der Waals surface area contributed by atoms with Crippen LogP contribution in [-0.2, 0) is 9.59 Å². The Morgan fingerprint density at radius 2 is 1.96 bits per heavy atom. The summed E-state index contributed by atoms with van der Waals surface area (Å²) >= 11 is 0. The Kier molecular flexibility index (Phi) is 5.77. The molecule has 0 aromatic heterocycles. The molecule has 0 unspecified atom stereocenters. The van der Waals surface area contributed by atoms with E-state index < -0.39 is 22.3 Å². The van der Waals surface area contributed by atoms with Gasteiger partial charge in [-0.2, -0.15) is 5.10 Å². The highest BCUT2D eigenvalue weighted by Gasteiger charge is 2.19. The normalized spacial score (nSPS) is 11.1. The Morgan fingerprint density at radius 1 is 1.30 bits per heavy atom. The molecule has 0 heterocycles. The summed E-state index contributed by atoms with van der Waals surface area (Å²) in [4.78, 5) is 33.4. The molecule has 124 valence electrons. The molecule has 9 heteroatoms. The first kappa shape index (κ1) is 18.1. The summed E-state index contributed by atoms with van der Waals surface area (Å²) in [5.74, 6) is -1.64. The third-order valence-electron chi connectivity index (χ3n) is 2.47. The summed E-state index contributed by atoms with van der Waals surface area (Å²) < 4.78 is 4.87. The first-order valence-electron chi connectivity index (χ1n) is 6.62. The van der Waals surface area contributed by atoms with E-state index in [2.05, 4.69) is 10.4 Å². The zero-order valence-electron chi connectivity index (χ0n) is 13.2. The number of rotatable bonds is 4. The molecule has 1 aromatic carbocycles. The van der Waals surface area contributed by atoms with E-state index >= 15 is 0 Å². The molecule has 0 fully saturated rings. The number of hydrogen-bond acceptors (Lipinski definition) is 6. The second-order valence-electron chi connectivity index (χ2n) is 5.59. The first-order valence-corrected chi connectivity index (χ1v) is 6.62. The fourth-order valence-electron chi connectivity index (χ4n) is 1.54. The molecule has 0 saturated carbocycles. The maximum Gasteiger partial charge on any atom is 0.329 e. The maximum atomic E-state index is 11.5. The van der Waals surface area contributed by atoms with Gasteiger partial charge in [0.05, 0.1) is 18.2 Å². The molecule has 1 aromatic rings. The minimum atomic E-state index is -0.931. The molecular formula is C14H18N4O5. The van der Waals surface area contributed by atoms with Gasteiger partial charge in [0.15, 0.2) is 5.75 Å². The van der Waals surface area contributed by atoms with Gasteiger partial charge in [0.2, 0.25) is 0 Å². The van der Waals surface area contributed by atoms with Crippen LogP contribution < -0.4 is 15.5 Å². The predicted octanol–water partition coefficient (Wildman–Crippen LogP) is 0.968. The van der Waals surface area contributed by atoms with E-state index in [9.17, 15) is 19.7 Å². The van der Waals surface area contributed by atoms with Crippen LogP contribution in [0.1, 0.15) is 26.3 Å². The van der Waals surface area contributed by atoms with E-state index in [1.165, 1.54) is 31.5 Å². The number of nitrogens with one attached hydrogen (secondary N) is 2. The van der Waals surface area contributed by atoms with Crippen molar-refractivity contribution in [3.05, 3.63) is 33.9 Å². The van der Waals surface area contributed by atoms with Crippen molar-refractivity contribution < 1.29 is 19.2 Å². The summed E-state index contributed by atoms with van der Waals surface area (Å²) in [6.07, 6.45) is 1.19. The largest absolute Gasteiger partial charge is 0.490 e. The van der Waals surface area contributed by atoms with Crippen LogP contribution in [0.4, 0.5) is 5.69 Å². The van der Waals surface area contributed by atoms with E-state index in [1.54, 1.807) is 20.8 Å². The number of hydrazone groups is 1. The average molecular weight is 322 g/mol. The molecule has 0 bridgehead atoms. The van der Waals surface area contributed by atoms with Crippen molar-refractivity contribution in [2.45, 2.75) is 26.3 Å². The lowest BCUT2D eigenvalue weighted by Gasteiger charge is -2.19. The number of ether oxygens (including phenoxy) is 1. The number of benzene rings is 1. The van der Waals surface area contributed by atoms with Gasteiger partial charge >= 0.3 is 17.5 Å². The average Bonchev–Trinajstić information content (AvgIpc) is 2.45. The van der Waals surface area contributed by atoms with Crippen molar-refractivity contribution in [2.75, 3.05) is 7.11 Å². The Bertz CT molecular complexity index is 649. The summed E-state index contributed by atoms with van der Waals surface area (Å²) in [6, 6.07) is 4.17. The molecule has 0 aliphatic rings. The fourth-order valence-corrected chi connectivity index (χ4v) is 1.54. The highest BCUT2D eigenvalue weighted by Crippen LogP contribution is 2.26. The number of methoxy groups -OCH3 is 1. The second-order valence-corrected chi connectivity index (χ2v) is 5.59. The van der Waals surface area contributed by atoms with Crippen molar-refractivity contribution in [1.29, 1.82) is 0 Å². The van der Waals surface area contributed by atoms with Crippen molar-refractivity contribution >= 4 is 23.7 Å². The zero-order chi connectivity index (χ0) is 17.6. The Hall–Kier alpha value is -2.97. The Labute approximate surface area is 132 Å². The zero-order valence-corrected chi connectivity index (χ0v) is 13.2. The van der Waals surface area contributed by atoms with Gasteiger partial charge in [-0.1, -0.05) is 0 Å². The quantitative estimate of drug-likeness (QED) is 0.370. The lowest BCUT2D eigenvalue weighted by molar-refractivity contribution is -0.385. The molecule has 1 rings (SSSR count). The molecule has 2 amide bonds. The number of nitro groups is 1. The number of carbonyl (C=O) groups is 2. The smallest absolute Gasteiger partial charge is 0.329 e. The Balaban J connectivity index is 2.75. The lowest BCUT2D eigenvalue weighted by atomic mass is 10.1. The third-order valence-corrected chi connectivity index (χ3v) is 2.47. The molecule has 0 spiro atoms. The molecule has 9 nitrogen and oxygen atoms in total. The summed E-state index contributed by atoms with van der Waals surface area (Å²) in [5, 5.41) is 17.0. The van der Waals surface area contributed by atoms with E-state index in [1.807, 2.05) is 5.43 Å². The SMILES string of the molecule is COc1ccc(/C=N/NC(=O)C(=O)NC(C)(C)C)cc1[N+](=O)[O-]. The lowest BCUT2D eigenvalue weighted by Crippen LogP contribution is -2.47. The van der Waals surface area contributed by atoms with Crippen LogP contribution in [0.25, 0.3) is 0 Å². The van der Waals surface area contributed by atoms with Crippen LogP contribution in [-0.4, -0.2) is 35.6 Å². The van der Waals surface area contributed by atoms with Gasteiger partial charge < -0.3 is 10.1 Å². The third kappa shape index (κ3) is 5.73. The van der Waals surface area contributed by atoms with Crippen LogP contribution in [0.15, 0.2) is 23.3 Å². The minimum absolute atomic E-state index is 0.112. The van der Waals surface area contributed by atoms with Gasteiger partial charge in [-0.05, 0) is 32.9 Å².